The molecule has 0 aliphatic heterocycles. The Balaban J connectivity index is 1.61. The number of hydrogen-bond acceptors (Lipinski definition) is 6. The van der Waals surface area contributed by atoms with Crippen molar-refractivity contribution >= 4 is 34.1 Å². The van der Waals surface area contributed by atoms with Crippen molar-refractivity contribution in [2.45, 2.75) is 13.3 Å². The molecule has 1 aromatic heterocycles. The summed E-state index contributed by atoms with van der Waals surface area (Å²) in [5, 5.41) is 15.8. The summed E-state index contributed by atoms with van der Waals surface area (Å²) in [5.74, 6) is 0.450. The number of ether oxygens (including phenoxy) is 1. The van der Waals surface area contributed by atoms with Crippen LogP contribution in [0.1, 0.15) is 18.9 Å². The zero-order valence-electron chi connectivity index (χ0n) is 15.7. The molecule has 0 aliphatic carbocycles. The van der Waals surface area contributed by atoms with E-state index in [-0.39, 0.29) is 11.6 Å². The maximum absolute atomic E-state index is 12.1. The lowest BCUT2D eigenvalue weighted by Crippen LogP contribution is -2.07. The van der Waals surface area contributed by atoms with E-state index >= 15 is 0 Å². The highest BCUT2D eigenvalue weighted by Crippen LogP contribution is 2.26. The van der Waals surface area contributed by atoms with E-state index in [2.05, 4.69) is 17.2 Å². The molecule has 0 radical (unpaired) electrons. The predicted molar refractivity (Wildman–Crippen MR) is 114 cm³/mol. The van der Waals surface area contributed by atoms with E-state index in [9.17, 15) is 14.9 Å². The molecular formula is C21H19N3O4S. The largest absolute Gasteiger partial charge is 0.494 e. The lowest BCUT2D eigenvalue weighted by atomic mass is 10.2. The summed E-state index contributed by atoms with van der Waals surface area (Å²) in [6, 6.07) is 13.7. The number of nitro benzene ring substituents is 1. The van der Waals surface area contributed by atoms with Gasteiger partial charge in [-0.2, -0.15) is 0 Å². The minimum atomic E-state index is -0.475. The fourth-order valence-corrected chi connectivity index (χ4v) is 3.19. The number of nitro groups is 1. The summed E-state index contributed by atoms with van der Waals surface area (Å²) in [7, 11) is 0. The Morgan fingerprint density at radius 1 is 1.28 bits per heavy atom. The molecule has 1 N–H and O–H groups in total. The van der Waals surface area contributed by atoms with Gasteiger partial charge in [0.25, 0.3) is 5.69 Å². The second-order valence-electron chi connectivity index (χ2n) is 6.09. The maximum atomic E-state index is 12.1. The van der Waals surface area contributed by atoms with Crippen LogP contribution < -0.4 is 10.1 Å². The van der Waals surface area contributed by atoms with Crippen LogP contribution in [-0.4, -0.2) is 22.4 Å². The molecule has 7 nitrogen and oxygen atoms in total. The molecular weight excluding hydrogens is 390 g/mol. The molecule has 2 aromatic carbocycles. The van der Waals surface area contributed by atoms with Gasteiger partial charge in [-0.25, -0.2) is 4.98 Å². The number of rotatable bonds is 8. The normalized spacial score (nSPS) is 10.8. The first-order chi connectivity index (χ1) is 14.0. The van der Waals surface area contributed by atoms with Crippen molar-refractivity contribution in [3.8, 4) is 17.0 Å². The average molecular weight is 409 g/mol. The van der Waals surface area contributed by atoms with Crippen LogP contribution in [0.4, 0.5) is 10.8 Å². The first kappa shape index (κ1) is 20.2. The SMILES string of the molecule is CCCOc1ccc(-c2csc(NC(=O)/C=C/c3cccc([N+](=O)[O-])c3)n2)cc1. The van der Waals surface area contributed by atoms with Crippen LogP contribution in [-0.2, 0) is 4.79 Å². The van der Waals surface area contributed by atoms with Gasteiger partial charge in [-0.3, -0.25) is 20.2 Å². The van der Waals surface area contributed by atoms with Gasteiger partial charge in [0.15, 0.2) is 5.13 Å². The van der Waals surface area contributed by atoms with Crippen molar-refractivity contribution in [2.24, 2.45) is 0 Å². The van der Waals surface area contributed by atoms with Gasteiger partial charge in [0.05, 0.1) is 17.2 Å². The van der Waals surface area contributed by atoms with Gasteiger partial charge in [-0.05, 0) is 42.3 Å². The average Bonchev–Trinajstić information content (AvgIpc) is 3.19. The molecule has 8 heteroatoms. The first-order valence-corrected chi connectivity index (χ1v) is 9.85. The lowest BCUT2D eigenvalue weighted by molar-refractivity contribution is -0.384. The van der Waals surface area contributed by atoms with Crippen molar-refractivity contribution in [1.82, 2.24) is 4.98 Å². The van der Waals surface area contributed by atoms with Crippen molar-refractivity contribution in [3.05, 3.63) is 75.7 Å². The minimum absolute atomic E-state index is 0.0248. The Morgan fingerprint density at radius 3 is 2.79 bits per heavy atom. The number of nitrogens with zero attached hydrogens (tertiary/aromatic N) is 2. The summed E-state index contributed by atoms with van der Waals surface area (Å²) < 4.78 is 5.57. The number of carbonyl (C=O) groups is 1. The number of benzene rings is 2. The summed E-state index contributed by atoms with van der Waals surface area (Å²) in [4.78, 5) is 26.9. The van der Waals surface area contributed by atoms with E-state index in [1.54, 1.807) is 12.1 Å². The number of amides is 1. The number of nitrogens with one attached hydrogen (secondary N) is 1. The Bertz CT molecular complexity index is 1030. The molecule has 0 atom stereocenters. The molecule has 0 unspecified atom stereocenters. The van der Waals surface area contributed by atoms with Gasteiger partial charge >= 0.3 is 0 Å². The third kappa shape index (κ3) is 5.73. The van der Waals surface area contributed by atoms with Crippen LogP contribution in [0.15, 0.2) is 60.0 Å². The number of non-ortho nitro benzene ring substituents is 1. The van der Waals surface area contributed by atoms with E-state index in [1.165, 1.54) is 35.6 Å². The second kappa shape index (κ2) is 9.61. The van der Waals surface area contributed by atoms with Crippen LogP contribution >= 0.6 is 11.3 Å². The molecule has 148 valence electrons. The van der Waals surface area contributed by atoms with Crippen LogP contribution in [0.2, 0.25) is 0 Å². The fourth-order valence-electron chi connectivity index (χ4n) is 2.47. The number of aromatic nitrogens is 1. The highest BCUT2D eigenvalue weighted by atomic mass is 32.1. The topological polar surface area (TPSA) is 94.4 Å². The van der Waals surface area contributed by atoms with Gasteiger partial charge in [0.1, 0.15) is 5.75 Å². The standard InChI is InChI=1S/C21H19N3O4S/c1-2-12-28-18-9-7-16(8-10-18)19-14-29-21(22-19)23-20(25)11-6-15-4-3-5-17(13-15)24(26)27/h3-11,13-14H,2,12H2,1H3,(H,22,23,25)/b11-6+. The number of anilines is 1. The van der Waals surface area contributed by atoms with Gasteiger partial charge in [0, 0.05) is 29.2 Å². The van der Waals surface area contributed by atoms with E-state index < -0.39 is 4.92 Å². The van der Waals surface area contributed by atoms with Gasteiger partial charge in [-0.1, -0.05) is 19.1 Å². The maximum Gasteiger partial charge on any atom is 0.270 e. The third-order valence-electron chi connectivity index (χ3n) is 3.87. The molecule has 29 heavy (non-hydrogen) atoms. The number of carbonyl (C=O) groups excluding carboxylic acids is 1. The molecule has 1 amide bonds. The highest BCUT2D eigenvalue weighted by Gasteiger charge is 2.08. The molecule has 0 bridgehead atoms. The van der Waals surface area contributed by atoms with Crippen LogP contribution in [0.5, 0.6) is 5.75 Å². The van der Waals surface area contributed by atoms with E-state index in [1.807, 2.05) is 29.6 Å². The van der Waals surface area contributed by atoms with E-state index in [4.69, 9.17) is 4.74 Å². The molecule has 3 aromatic rings. The van der Waals surface area contributed by atoms with Crippen LogP contribution in [0, 0.1) is 10.1 Å². The molecule has 1 heterocycles. The summed E-state index contributed by atoms with van der Waals surface area (Å²) in [6.45, 7) is 2.73. The van der Waals surface area contributed by atoms with Crippen molar-refractivity contribution in [2.75, 3.05) is 11.9 Å². The predicted octanol–water partition coefficient (Wildman–Crippen LogP) is 5.16. The smallest absolute Gasteiger partial charge is 0.270 e. The van der Waals surface area contributed by atoms with E-state index in [0.717, 1.165) is 23.4 Å². The molecule has 0 saturated heterocycles. The Labute approximate surface area is 171 Å². The summed E-state index contributed by atoms with van der Waals surface area (Å²) in [5.41, 5.74) is 2.23. The van der Waals surface area contributed by atoms with Crippen molar-refractivity contribution in [1.29, 1.82) is 0 Å². The van der Waals surface area contributed by atoms with Crippen molar-refractivity contribution in [3.63, 3.8) is 0 Å². The van der Waals surface area contributed by atoms with Crippen molar-refractivity contribution < 1.29 is 14.5 Å². The van der Waals surface area contributed by atoms with Gasteiger partial charge < -0.3 is 4.74 Å². The summed E-state index contributed by atoms with van der Waals surface area (Å²) in [6.07, 6.45) is 3.79. The second-order valence-corrected chi connectivity index (χ2v) is 6.94. The van der Waals surface area contributed by atoms with Gasteiger partial charge in [-0.15, -0.1) is 11.3 Å². The molecule has 0 fully saturated rings. The number of thiazole rings is 1. The lowest BCUT2D eigenvalue weighted by Gasteiger charge is -2.04. The number of hydrogen-bond donors (Lipinski definition) is 1. The van der Waals surface area contributed by atoms with Crippen LogP contribution in [0.25, 0.3) is 17.3 Å². The van der Waals surface area contributed by atoms with Crippen LogP contribution in [0.3, 0.4) is 0 Å². The molecule has 3 rings (SSSR count). The summed E-state index contributed by atoms with van der Waals surface area (Å²) >= 11 is 1.32. The highest BCUT2D eigenvalue weighted by molar-refractivity contribution is 7.14. The zero-order chi connectivity index (χ0) is 20.6. The zero-order valence-corrected chi connectivity index (χ0v) is 16.5. The van der Waals surface area contributed by atoms with Gasteiger partial charge in [0.2, 0.25) is 5.91 Å². The first-order valence-electron chi connectivity index (χ1n) is 8.97. The monoisotopic (exact) mass is 409 g/mol. The molecule has 0 aliphatic rings. The fraction of sp³-hybridized carbons (Fsp3) is 0.143. The Morgan fingerprint density at radius 2 is 2.07 bits per heavy atom. The van der Waals surface area contributed by atoms with E-state index in [0.29, 0.717) is 17.3 Å². The molecule has 0 saturated carbocycles. The molecule has 0 spiro atoms. The minimum Gasteiger partial charge on any atom is -0.494 e. The third-order valence-corrected chi connectivity index (χ3v) is 4.62. The Kier molecular flexibility index (Phi) is 6.70. The Hall–Kier alpha value is -3.52. The quantitative estimate of drug-likeness (QED) is 0.315.